The highest BCUT2D eigenvalue weighted by Gasteiger charge is 2.41. The number of benzene rings is 1. The molecule has 2 bridgehead atoms. The van der Waals surface area contributed by atoms with Crippen molar-refractivity contribution in [1.82, 2.24) is 5.32 Å². The Labute approximate surface area is 152 Å². The van der Waals surface area contributed by atoms with Crippen molar-refractivity contribution in [3.05, 3.63) is 29.8 Å². The summed E-state index contributed by atoms with van der Waals surface area (Å²) < 4.78 is 29.9. The lowest BCUT2D eigenvalue weighted by Gasteiger charge is -2.37. The Bertz CT molecular complexity index is 648. The number of ketones is 1. The first-order valence-corrected chi connectivity index (χ1v) is 9.37. The van der Waals surface area contributed by atoms with Crippen LogP contribution in [0, 0.1) is 17.8 Å². The van der Waals surface area contributed by atoms with Gasteiger partial charge < -0.3 is 10.1 Å². The molecule has 0 saturated heterocycles. The summed E-state index contributed by atoms with van der Waals surface area (Å²) in [6, 6.07) is 6.16. The fraction of sp³-hybridized carbons (Fsp3) is 0.600. The third-order valence-corrected chi connectivity index (χ3v) is 5.65. The molecule has 3 atom stereocenters. The zero-order chi connectivity index (χ0) is 18.7. The minimum Gasteiger partial charge on any atom is -0.434 e. The predicted octanol–water partition coefficient (Wildman–Crippen LogP) is 4.25. The van der Waals surface area contributed by atoms with Crippen LogP contribution >= 0.6 is 0 Å². The van der Waals surface area contributed by atoms with E-state index in [-0.39, 0.29) is 29.4 Å². The Kier molecular flexibility index (Phi) is 5.89. The molecule has 2 saturated carbocycles. The van der Waals surface area contributed by atoms with E-state index in [1.165, 1.54) is 6.07 Å². The lowest BCUT2D eigenvalue weighted by atomic mass is 9.67. The molecule has 0 aliphatic heterocycles. The molecule has 142 valence electrons. The van der Waals surface area contributed by atoms with Crippen LogP contribution in [0.4, 0.5) is 8.78 Å². The summed E-state index contributed by atoms with van der Waals surface area (Å²) in [4.78, 5) is 25.0. The molecule has 2 fully saturated rings. The Hall–Kier alpha value is -1.98. The molecule has 4 nitrogen and oxygen atoms in total. The van der Waals surface area contributed by atoms with Gasteiger partial charge in [0.2, 0.25) is 5.91 Å². The highest BCUT2D eigenvalue weighted by Crippen LogP contribution is 2.40. The number of ether oxygens (including phenoxy) is 1. The number of Topliss-reactive ketones (excluding diaryl/α,β-unsaturated/α-hetero) is 1. The Morgan fingerprint density at radius 3 is 2.50 bits per heavy atom. The number of alkyl halides is 2. The number of halogens is 2. The monoisotopic (exact) mass is 365 g/mol. The van der Waals surface area contributed by atoms with E-state index in [2.05, 4.69) is 10.1 Å². The summed E-state index contributed by atoms with van der Waals surface area (Å²) in [5.74, 6) is 0.155. The number of amides is 1. The van der Waals surface area contributed by atoms with E-state index in [1.807, 2.05) is 6.92 Å². The van der Waals surface area contributed by atoms with Crippen LogP contribution in [0.25, 0.3) is 0 Å². The first kappa shape index (κ1) is 18.8. The molecule has 0 aromatic heterocycles. The maximum absolute atomic E-state index is 12.8. The number of carbonyl (C=O) groups excluding carboxylic acids is 2. The van der Waals surface area contributed by atoms with Crippen molar-refractivity contribution in [2.75, 3.05) is 0 Å². The van der Waals surface area contributed by atoms with E-state index in [4.69, 9.17) is 0 Å². The zero-order valence-electron chi connectivity index (χ0n) is 14.9. The van der Waals surface area contributed by atoms with Crippen LogP contribution in [-0.2, 0) is 9.59 Å². The molecule has 2 aliphatic rings. The highest BCUT2D eigenvalue weighted by atomic mass is 19.3. The Balaban J connectivity index is 1.71. The van der Waals surface area contributed by atoms with Crippen LogP contribution in [0.1, 0.15) is 57.1 Å². The summed E-state index contributed by atoms with van der Waals surface area (Å²) in [5, 5.41) is 3.00. The van der Waals surface area contributed by atoms with Gasteiger partial charge in [-0.3, -0.25) is 9.59 Å². The summed E-state index contributed by atoms with van der Waals surface area (Å²) in [6.07, 6.45) is 4.58. The molecule has 1 aromatic carbocycles. The van der Waals surface area contributed by atoms with E-state index < -0.39 is 12.7 Å². The summed E-state index contributed by atoms with van der Waals surface area (Å²) >= 11 is 0. The van der Waals surface area contributed by atoms with Gasteiger partial charge >= 0.3 is 6.61 Å². The van der Waals surface area contributed by atoms with Gasteiger partial charge in [-0.2, -0.15) is 8.78 Å². The van der Waals surface area contributed by atoms with Crippen LogP contribution < -0.4 is 10.1 Å². The van der Waals surface area contributed by atoms with Gasteiger partial charge in [0.1, 0.15) is 11.5 Å². The Morgan fingerprint density at radius 1 is 1.23 bits per heavy atom. The number of carbonyl (C=O) groups is 2. The minimum absolute atomic E-state index is 0.00720. The van der Waals surface area contributed by atoms with Crippen molar-refractivity contribution in [2.45, 2.75) is 58.1 Å². The maximum atomic E-state index is 12.8. The third kappa shape index (κ3) is 4.05. The molecule has 1 N–H and O–H groups in total. The molecule has 1 amide bonds. The first-order chi connectivity index (χ1) is 12.5. The first-order valence-electron chi connectivity index (χ1n) is 9.37. The molecular formula is C20H25F2NO3. The van der Waals surface area contributed by atoms with Gasteiger partial charge in [-0.1, -0.05) is 31.5 Å². The average Bonchev–Trinajstić information content (AvgIpc) is 2.59. The number of para-hydroxylation sites is 1. The summed E-state index contributed by atoms with van der Waals surface area (Å²) in [7, 11) is 0. The summed E-state index contributed by atoms with van der Waals surface area (Å²) in [5.41, 5.74) is 0.552. The molecule has 0 unspecified atom stereocenters. The largest absolute Gasteiger partial charge is 0.434 e. The SMILES string of the molecule is CC[C@H](NC(=O)C1C[C@@H]2CCC[C@@H](C1)C2=O)c1ccccc1OC(F)F. The molecule has 0 heterocycles. The molecule has 26 heavy (non-hydrogen) atoms. The van der Waals surface area contributed by atoms with E-state index in [1.54, 1.807) is 18.2 Å². The molecule has 3 rings (SSSR count). The van der Waals surface area contributed by atoms with Crippen LogP contribution in [-0.4, -0.2) is 18.3 Å². The topological polar surface area (TPSA) is 55.4 Å². The molecule has 1 aromatic rings. The fourth-order valence-corrected chi connectivity index (χ4v) is 4.35. The van der Waals surface area contributed by atoms with Crippen LogP contribution in [0.5, 0.6) is 5.75 Å². The number of hydrogen-bond donors (Lipinski definition) is 1. The highest BCUT2D eigenvalue weighted by molar-refractivity contribution is 5.88. The molecule has 0 spiro atoms. The number of hydrogen-bond acceptors (Lipinski definition) is 3. The normalized spacial score (nSPS) is 26.5. The van der Waals surface area contributed by atoms with E-state index >= 15 is 0 Å². The van der Waals surface area contributed by atoms with E-state index in [0.717, 1.165) is 19.3 Å². The van der Waals surface area contributed by atoms with Gasteiger partial charge in [-0.15, -0.1) is 0 Å². The van der Waals surface area contributed by atoms with E-state index in [9.17, 15) is 18.4 Å². The minimum atomic E-state index is -2.91. The summed E-state index contributed by atoms with van der Waals surface area (Å²) in [6.45, 7) is -1.02. The zero-order valence-corrected chi connectivity index (χ0v) is 14.9. The van der Waals surface area contributed by atoms with Crippen molar-refractivity contribution in [1.29, 1.82) is 0 Å². The third-order valence-electron chi connectivity index (χ3n) is 5.65. The average molecular weight is 365 g/mol. The number of nitrogens with one attached hydrogen (secondary N) is 1. The van der Waals surface area contributed by atoms with Gasteiger partial charge in [-0.25, -0.2) is 0 Å². The lowest BCUT2D eigenvalue weighted by molar-refractivity contribution is -0.138. The molecule has 2 aliphatic carbocycles. The van der Waals surface area contributed by atoms with E-state index in [0.29, 0.717) is 30.6 Å². The maximum Gasteiger partial charge on any atom is 0.387 e. The van der Waals surface area contributed by atoms with Crippen molar-refractivity contribution in [3.63, 3.8) is 0 Å². The second kappa shape index (κ2) is 8.14. The molecule has 6 heteroatoms. The molecular weight excluding hydrogens is 340 g/mol. The van der Waals surface area contributed by atoms with Gasteiger partial charge in [0.25, 0.3) is 0 Å². The van der Waals surface area contributed by atoms with Crippen LogP contribution in [0.15, 0.2) is 24.3 Å². The van der Waals surface area contributed by atoms with Crippen molar-refractivity contribution in [3.8, 4) is 5.75 Å². The van der Waals surface area contributed by atoms with Gasteiger partial charge in [0.05, 0.1) is 6.04 Å². The Morgan fingerprint density at radius 2 is 1.88 bits per heavy atom. The lowest BCUT2D eigenvalue weighted by Crippen LogP contribution is -2.43. The van der Waals surface area contributed by atoms with Crippen LogP contribution in [0.3, 0.4) is 0 Å². The second-order valence-electron chi connectivity index (χ2n) is 7.28. The van der Waals surface area contributed by atoms with Gasteiger partial charge in [-0.05, 0) is 38.2 Å². The quantitative estimate of drug-likeness (QED) is 0.820. The predicted molar refractivity (Wildman–Crippen MR) is 92.8 cm³/mol. The fourth-order valence-electron chi connectivity index (χ4n) is 4.35. The van der Waals surface area contributed by atoms with Gasteiger partial charge in [0.15, 0.2) is 0 Å². The number of rotatable bonds is 6. The standard InChI is InChI=1S/C20H25F2NO3/c1-2-16(15-8-3-4-9-17(15)26-20(21)22)23-19(25)14-10-12-6-5-7-13(11-14)18(12)24/h3-4,8-9,12-14,16,20H,2,5-7,10-11H2,1H3,(H,23,25)/t12-,13-,16-/m0/s1. The number of fused-ring (bicyclic) bond motifs is 2. The smallest absolute Gasteiger partial charge is 0.387 e. The van der Waals surface area contributed by atoms with Crippen molar-refractivity contribution < 1.29 is 23.1 Å². The van der Waals surface area contributed by atoms with Crippen LogP contribution in [0.2, 0.25) is 0 Å². The van der Waals surface area contributed by atoms with Gasteiger partial charge in [0, 0.05) is 23.3 Å². The second-order valence-corrected chi connectivity index (χ2v) is 7.28. The van der Waals surface area contributed by atoms with Crippen molar-refractivity contribution >= 4 is 11.7 Å². The molecule has 0 radical (unpaired) electrons. The van der Waals surface area contributed by atoms with Crippen molar-refractivity contribution in [2.24, 2.45) is 17.8 Å².